The van der Waals surface area contributed by atoms with E-state index in [1.807, 2.05) is 6.08 Å². The van der Waals surface area contributed by atoms with Gasteiger partial charge in [-0.25, -0.2) is 4.79 Å². The maximum Gasteiger partial charge on any atom is 0.319 e. The van der Waals surface area contributed by atoms with Crippen molar-refractivity contribution in [2.75, 3.05) is 5.32 Å². The lowest BCUT2D eigenvalue weighted by atomic mass is 10.0. The summed E-state index contributed by atoms with van der Waals surface area (Å²) in [7, 11) is 0. The third-order valence-corrected chi connectivity index (χ3v) is 2.74. The van der Waals surface area contributed by atoms with Gasteiger partial charge in [0.2, 0.25) is 0 Å². The number of rotatable bonds is 2. The minimum atomic E-state index is -0.231. The molecule has 90 valence electrons. The Hall–Kier alpha value is -1.55. The molecule has 0 aliphatic heterocycles. The summed E-state index contributed by atoms with van der Waals surface area (Å²) < 4.78 is 0. The molecule has 1 aromatic rings. The molecule has 4 nitrogen and oxygen atoms in total. The largest absolute Gasteiger partial charge is 0.332 e. The molecule has 5 heteroatoms. The van der Waals surface area contributed by atoms with Gasteiger partial charge in [0.25, 0.3) is 0 Å². The second-order valence-corrected chi connectivity index (χ2v) is 4.39. The zero-order valence-electron chi connectivity index (χ0n) is 9.32. The van der Waals surface area contributed by atoms with Gasteiger partial charge in [0, 0.05) is 12.2 Å². The molecule has 0 fully saturated rings. The predicted octanol–water partition coefficient (Wildman–Crippen LogP) is 2.97. The Morgan fingerprint density at radius 1 is 1.47 bits per heavy atom. The Balaban J connectivity index is 1.88. The van der Waals surface area contributed by atoms with Crippen molar-refractivity contribution in [3.8, 4) is 0 Å². The van der Waals surface area contributed by atoms with Crippen LogP contribution in [0.3, 0.4) is 0 Å². The van der Waals surface area contributed by atoms with Gasteiger partial charge in [0.15, 0.2) is 0 Å². The Kier molecular flexibility index (Phi) is 3.98. The first kappa shape index (κ1) is 11.9. The van der Waals surface area contributed by atoms with Crippen LogP contribution >= 0.6 is 11.6 Å². The molecule has 1 aliphatic carbocycles. The highest BCUT2D eigenvalue weighted by molar-refractivity contribution is 6.30. The van der Waals surface area contributed by atoms with E-state index in [0.717, 1.165) is 19.3 Å². The zero-order valence-corrected chi connectivity index (χ0v) is 10.1. The molecule has 2 rings (SSSR count). The van der Waals surface area contributed by atoms with E-state index >= 15 is 0 Å². The number of hydrogen-bond donors (Lipinski definition) is 2. The first-order chi connectivity index (χ1) is 8.24. The number of carbonyl (C=O) groups is 1. The molecule has 1 aromatic heterocycles. The number of urea groups is 1. The molecule has 0 saturated carbocycles. The van der Waals surface area contributed by atoms with Crippen LogP contribution < -0.4 is 10.6 Å². The third-order valence-electron chi connectivity index (χ3n) is 2.53. The Morgan fingerprint density at radius 3 is 3.06 bits per heavy atom. The van der Waals surface area contributed by atoms with E-state index in [1.165, 1.54) is 6.20 Å². The van der Waals surface area contributed by atoms with Gasteiger partial charge in [-0.15, -0.1) is 0 Å². The van der Waals surface area contributed by atoms with E-state index < -0.39 is 0 Å². The number of pyridine rings is 1. The molecular formula is C12H14ClN3O. The van der Waals surface area contributed by atoms with Gasteiger partial charge in [0.05, 0.1) is 16.9 Å². The van der Waals surface area contributed by atoms with E-state index in [0.29, 0.717) is 10.7 Å². The summed E-state index contributed by atoms with van der Waals surface area (Å²) in [5.41, 5.74) is 0.592. The molecule has 0 aromatic carbocycles. The summed E-state index contributed by atoms with van der Waals surface area (Å²) in [5, 5.41) is 6.08. The molecule has 1 unspecified atom stereocenters. The molecule has 0 radical (unpaired) electrons. The van der Waals surface area contributed by atoms with E-state index in [2.05, 4.69) is 21.7 Å². The molecular weight excluding hydrogens is 238 g/mol. The van der Waals surface area contributed by atoms with Crippen molar-refractivity contribution in [2.45, 2.75) is 25.3 Å². The average Bonchev–Trinajstić information content (AvgIpc) is 2.30. The van der Waals surface area contributed by atoms with Crippen LogP contribution in [0, 0.1) is 0 Å². The van der Waals surface area contributed by atoms with Gasteiger partial charge in [-0.05, 0) is 25.3 Å². The number of nitrogens with one attached hydrogen (secondary N) is 2. The molecule has 1 aliphatic rings. The second kappa shape index (κ2) is 5.68. The quantitative estimate of drug-likeness (QED) is 0.794. The summed E-state index contributed by atoms with van der Waals surface area (Å²) in [6, 6.07) is 1.55. The number of nitrogens with zero attached hydrogens (tertiary/aromatic N) is 1. The highest BCUT2D eigenvalue weighted by Crippen LogP contribution is 2.13. The predicted molar refractivity (Wildman–Crippen MR) is 68.2 cm³/mol. The van der Waals surface area contributed by atoms with Crippen LogP contribution in [0.5, 0.6) is 0 Å². The zero-order chi connectivity index (χ0) is 12.1. The summed E-state index contributed by atoms with van der Waals surface area (Å²) in [6.07, 6.45) is 10.4. The van der Waals surface area contributed by atoms with Crippen molar-refractivity contribution >= 4 is 23.3 Å². The van der Waals surface area contributed by atoms with Gasteiger partial charge < -0.3 is 10.6 Å². The minimum absolute atomic E-state index is 0.121. The van der Waals surface area contributed by atoms with E-state index in [1.54, 1.807) is 12.3 Å². The van der Waals surface area contributed by atoms with Crippen LogP contribution in [0.4, 0.5) is 10.5 Å². The first-order valence-electron chi connectivity index (χ1n) is 5.59. The van der Waals surface area contributed by atoms with E-state index in [9.17, 15) is 4.79 Å². The average molecular weight is 252 g/mol. The lowest BCUT2D eigenvalue weighted by molar-refractivity contribution is 0.249. The van der Waals surface area contributed by atoms with Crippen LogP contribution in [0.25, 0.3) is 0 Å². The number of halogens is 1. The second-order valence-electron chi connectivity index (χ2n) is 3.96. The fourth-order valence-corrected chi connectivity index (χ4v) is 1.92. The topological polar surface area (TPSA) is 54.0 Å². The normalized spacial score (nSPS) is 18.8. The van der Waals surface area contributed by atoms with Crippen LogP contribution in [0.2, 0.25) is 5.02 Å². The number of hydrogen-bond acceptors (Lipinski definition) is 2. The number of carbonyl (C=O) groups excluding carboxylic acids is 1. The lowest BCUT2D eigenvalue weighted by Crippen LogP contribution is -2.37. The molecule has 2 amide bonds. The first-order valence-corrected chi connectivity index (χ1v) is 5.96. The molecule has 0 spiro atoms. The maximum absolute atomic E-state index is 11.7. The number of amides is 2. The van der Waals surface area contributed by atoms with Gasteiger partial charge in [-0.2, -0.15) is 0 Å². The fraction of sp³-hybridized carbons (Fsp3) is 0.333. The van der Waals surface area contributed by atoms with Crippen molar-refractivity contribution < 1.29 is 4.79 Å². The molecule has 1 atom stereocenters. The monoisotopic (exact) mass is 251 g/mol. The van der Waals surface area contributed by atoms with Gasteiger partial charge in [-0.3, -0.25) is 4.98 Å². The van der Waals surface area contributed by atoms with Crippen LogP contribution in [-0.2, 0) is 0 Å². The summed E-state index contributed by atoms with van der Waals surface area (Å²) in [6.45, 7) is 0. The molecule has 2 N–H and O–H groups in total. The molecule has 0 bridgehead atoms. The number of aromatic nitrogens is 1. The highest BCUT2D eigenvalue weighted by atomic mass is 35.5. The standard InChI is InChI=1S/C12H14ClN3O/c13-9-6-11(8-14-7-9)16-12(17)15-10-4-2-1-3-5-10/h2,4,6-8,10H,1,3,5H2,(H2,15,16,17). The van der Waals surface area contributed by atoms with Gasteiger partial charge in [-0.1, -0.05) is 23.8 Å². The van der Waals surface area contributed by atoms with Crippen molar-refractivity contribution in [3.63, 3.8) is 0 Å². The van der Waals surface area contributed by atoms with Crippen LogP contribution in [-0.4, -0.2) is 17.1 Å². The van der Waals surface area contributed by atoms with E-state index in [4.69, 9.17) is 11.6 Å². The minimum Gasteiger partial charge on any atom is -0.332 e. The lowest BCUT2D eigenvalue weighted by Gasteiger charge is -2.18. The molecule has 17 heavy (non-hydrogen) atoms. The Bertz CT molecular complexity index is 434. The highest BCUT2D eigenvalue weighted by Gasteiger charge is 2.11. The summed E-state index contributed by atoms with van der Waals surface area (Å²) >= 11 is 5.77. The number of allylic oxidation sites excluding steroid dienone is 1. The molecule has 1 heterocycles. The summed E-state index contributed by atoms with van der Waals surface area (Å²) in [5.74, 6) is 0. The third kappa shape index (κ3) is 3.75. The van der Waals surface area contributed by atoms with Crippen molar-refractivity contribution in [1.29, 1.82) is 0 Å². The van der Waals surface area contributed by atoms with Crippen molar-refractivity contribution in [2.24, 2.45) is 0 Å². The Morgan fingerprint density at radius 2 is 2.35 bits per heavy atom. The number of anilines is 1. The maximum atomic E-state index is 11.7. The fourth-order valence-electron chi connectivity index (χ4n) is 1.75. The van der Waals surface area contributed by atoms with Crippen LogP contribution in [0.15, 0.2) is 30.6 Å². The van der Waals surface area contributed by atoms with Gasteiger partial charge in [0.1, 0.15) is 0 Å². The Labute approximate surface area is 105 Å². The van der Waals surface area contributed by atoms with Gasteiger partial charge >= 0.3 is 6.03 Å². The molecule has 0 saturated heterocycles. The smallest absolute Gasteiger partial charge is 0.319 e. The summed E-state index contributed by atoms with van der Waals surface area (Å²) in [4.78, 5) is 15.6. The van der Waals surface area contributed by atoms with Crippen molar-refractivity contribution in [3.05, 3.63) is 35.6 Å². The van der Waals surface area contributed by atoms with Crippen molar-refractivity contribution in [1.82, 2.24) is 10.3 Å². The SMILES string of the molecule is O=C(Nc1cncc(Cl)c1)NC1C=CCCC1. The van der Waals surface area contributed by atoms with Crippen LogP contribution in [0.1, 0.15) is 19.3 Å². The van der Waals surface area contributed by atoms with E-state index in [-0.39, 0.29) is 12.1 Å².